The van der Waals surface area contributed by atoms with Crippen LogP contribution in [-0.2, 0) is 9.59 Å². The molecule has 23 heavy (non-hydrogen) atoms. The summed E-state index contributed by atoms with van der Waals surface area (Å²) in [5.41, 5.74) is 0.481. The summed E-state index contributed by atoms with van der Waals surface area (Å²) < 4.78 is 0. The van der Waals surface area contributed by atoms with Crippen molar-refractivity contribution < 1.29 is 9.59 Å². The van der Waals surface area contributed by atoms with Gasteiger partial charge in [-0.1, -0.05) is 0 Å². The second kappa shape index (κ2) is 7.68. The van der Waals surface area contributed by atoms with Crippen LogP contribution < -0.4 is 10.6 Å². The van der Waals surface area contributed by atoms with E-state index in [1.165, 1.54) is 0 Å². The maximum atomic E-state index is 12.4. The predicted octanol–water partition coefficient (Wildman–Crippen LogP) is 0.314. The summed E-state index contributed by atoms with van der Waals surface area (Å²) in [6.45, 7) is 3.52. The van der Waals surface area contributed by atoms with Crippen molar-refractivity contribution >= 4 is 23.7 Å². The molecule has 0 saturated carbocycles. The molecule has 0 aliphatic carbocycles. The van der Waals surface area contributed by atoms with Gasteiger partial charge in [-0.3, -0.25) is 9.59 Å². The molecule has 0 radical (unpaired) electrons. The number of carbonyl (C=O) groups excluding carboxylic acids is 2. The van der Waals surface area contributed by atoms with Crippen molar-refractivity contribution in [2.24, 2.45) is 16.1 Å². The highest BCUT2D eigenvalue weighted by Crippen LogP contribution is 2.19. The number of piperidine rings is 2. The van der Waals surface area contributed by atoms with E-state index < -0.39 is 0 Å². The summed E-state index contributed by atoms with van der Waals surface area (Å²) in [5.74, 6) is 0.679. The summed E-state index contributed by atoms with van der Waals surface area (Å²) in [7, 11) is 0. The molecule has 0 aromatic carbocycles. The number of hydrogen-bond donors (Lipinski definition) is 2. The van der Waals surface area contributed by atoms with Crippen molar-refractivity contribution in [2.75, 3.05) is 26.2 Å². The average Bonchev–Trinajstić information content (AvgIpc) is 3.11. The number of nitrogens with zero attached hydrogens (tertiary/aromatic N) is 3. The van der Waals surface area contributed by atoms with Gasteiger partial charge in [0.15, 0.2) is 0 Å². The van der Waals surface area contributed by atoms with Crippen LogP contribution >= 0.6 is 0 Å². The van der Waals surface area contributed by atoms with Crippen LogP contribution in [0.5, 0.6) is 0 Å². The van der Waals surface area contributed by atoms with Gasteiger partial charge in [0.1, 0.15) is 5.71 Å². The minimum atomic E-state index is -0.123. The largest absolute Gasteiger partial charge is 0.348 e. The van der Waals surface area contributed by atoms with Crippen molar-refractivity contribution in [1.82, 2.24) is 15.5 Å². The lowest BCUT2D eigenvalue weighted by atomic mass is 9.93. The van der Waals surface area contributed by atoms with Gasteiger partial charge in [-0.25, -0.2) is 0 Å². The van der Waals surface area contributed by atoms with Gasteiger partial charge in [-0.15, -0.1) is 5.10 Å². The maximum Gasteiger partial charge on any atom is 0.268 e. The number of rotatable bonds is 4. The number of carbonyl (C=O) groups is 2. The zero-order chi connectivity index (χ0) is 16.1. The van der Waals surface area contributed by atoms with Crippen molar-refractivity contribution in [3.8, 4) is 0 Å². The van der Waals surface area contributed by atoms with Crippen LogP contribution in [0.4, 0.5) is 0 Å². The number of hydrogen-bond acceptors (Lipinski definition) is 5. The summed E-state index contributed by atoms with van der Waals surface area (Å²) in [4.78, 5) is 26.3. The van der Waals surface area contributed by atoms with Crippen LogP contribution in [0, 0.1) is 5.92 Å². The van der Waals surface area contributed by atoms with Crippen molar-refractivity contribution in [1.29, 1.82) is 0 Å². The Hall–Kier alpha value is -1.76. The summed E-state index contributed by atoms with van der Waals surface area (Å²) >= 11 is 0. The molecule has 2 N–H and O–H groups in total. The molecular weight excluding hydrogens is 294 g/mol. The van der Waals surface area contributed by atoms with Crippen molar-refractivity contribution in [3.63, 3.8) is 0 Å². The number of nitrogens with one attached hydrogen (secondary N) is 2. The van der Waals surface area contributed by atoms with Crippen molar-refractivity contribution in [3.05, 3.63) is 0 Å². The molecule has 0 unspecified atom stereocenters. The van der Waals surface area contributed by atoms with Crippen LogP contribution in [0.25, 0.3) is 0 Å². The molecule has 0 atom stereocenters. The number of likely N-dealkylation sites (tertiary alicyclic amines) is 1. The third kappa shape index (κ3) is 4.37. The first kappa shape index (κ1) is 16.1. The van der Waals surface area contributed by atoms with Crippen LogP contribution in [0.3, 0.4) is 0 Å². The Bertz CT molecular complexity index is 503. The smallest absolute Gasteiger partial charge is 0.268 e. The Kier molecular flexibility index (Phi) is 5.38. The molecule has 3 heterocycles. The second-order valence-corrected chi connectivity index (χ2v) is 6.57. The summed E-state index contributed by atoms with van der Waals surface area (Å²) in [6, 6.07) is 0.133. The lowest BCUT2D eigenvalue weighted by molar-refractivity contribution is -0.133. The highest BCUT2D eigenvalue weighted by molar-refractivity contribution is 6.41. The standard InChI is InChI=1S/C16H25N5O2/c22-15(11-12-1-6-17-7-2-12)21-9-4-13(5-10-21)19-16(23)14-3-8-18-20-14/h8,12-13,17H,1-7,9-11H2,(H,19,23). The molecule has 7 heteroatoms. The van der Waals surface area contributed by atoms with Gasteiger partial charge in [0.2, 0.25) is 5.91 Å². The quantitative estimate of drug-likeness (QED) is 0.782. The molecule has 2 saturated heterocycles. The molecule has 2 fully saturated rings. The molecule has 0 aromatic heterocycles. The molecule has 0 bridgehead atoms. The third-order valence-electron chi connectivity index (χ3n) is 4.91. The lowest BCUT2D eigenvalue weighted by Crippen LogP contribution is -2.48. The maximum absolute atomic E-state index is 12.4. The van der Waals surface area contributed by atoms with E-state index in [1.54, 1.807) is 6.21 Å². The first-order valence-corrected chi connectivity index (χ1v) is 8.60. The van der Waals surface area contributed by atoms with Gasteiger partial charge >= 0.3 is 0 Å². The van der Waals surface area contributed by atoms with E-state index in [0.29, 0.717) is 24.5 Å². The van der Waals surface area contributed by atoms with E-state index in [1.807, 2.05) is 4.90 Å². The predicted molar refractivity (Wildman–Crippen MR) is 88.5 cm³/mol. The Morgan fingerprint density at radius 2 is 1.96 bits per heavy atom. The van der Waals surface area contributed by atoms with Gasteiger partial charge in [0.25, 0.3) is 5.91 Å². The molecule has 2 amide bonds. The fourth-order valence-corrected chi connectivity index (χ4v) is 3.42. The zero-order valence-electron chi connectivity index (χ0n) is 13.5. The van der Waals surface area contributed by atoms with Gasteiger partial charge in [-0.2, -0.15) is 5.10 Å². The lowest BCUT2D eigenvalue weighted by Gasteiger charge is -2.33. The van der Waals surface area contributed by atoms with E-state index in [0.717, 1.165) is 51.9 Å². The topological polar surface area (TPSA) is 86.2 Å². The van der Waals surface area contributed by atoms with Crippen LogP contribution in [0.15, 0.2) is 10.2 Å². The van der Waals surface area contributed by atoms with E-state index in [9.17, 15) is 9.59 Å². The van der Waals surface area contributed by atoms with Gasteiger partial charge in [0, 0.05) is 38.2 Å². The van der Waals surface area contributed by atoms with E-state index >= 15 is 0 Å². The Morgan fingerprint density at radius 3 is 2.61 bits per heavy atom. The van der Waals surface area contributed by atoms with Crippen molar-refractivity contribution in [2.45, 2.75) is 44.6 Å². The molecule has 3 aliphatic heterocycles. The van der Waals surface area contributed by atoms with Gasteiger partial charge < -0.3 is 15.5 Å². The molecule has 0 aromatic rings. The molecule has 0 spiro atoms. The monoisotopic (exact) mass is 319 g/mol. The number of amides is 2. The zero-order valence-corrected chi connectivity index (χ0v) is 13.5. The fraction of sp³-hybridized carbons (Fsp3) is 0.750. The van der Waals surface area contributed by atoms with Crippen LogP contribution in [0.1, 0.15) is 38.5 Å². The molecule has 7 nitrogen and oxygen atoms in total. The first-order valence-electron chi connectivity index (χ1n) is 8.60. The van der Waals surface area contributed by atoms with E-state index in [2.05, 4.69) is 20.8 Å². The summed E-state index contributed by atoms with van der Waals surface area (Å²) in [6.07, 6.45) is 6.66. The Labute approximate surface area is 136 Å². The summed E-state index contributed by atoms with van der Waals surface area (Å²) in [5, 5.41) is 13.9. The van der Waals surface area contributed by atoms with Crippen LogP contribution in [-0.4, -0.2) is 60.9 Å². The highest BCUT2D eigenvalue weighted by Gasteiger charge is 2.27. The van der Waals surface area contributed by atoms with E-state index in [4.69, 9.17) is 0 Å². The second-order valence-electron chi connectivity index (χ2n) is 6.57. The SMILES string of the molecule is O=C(NC1CCN(C(=O)CC2CCNCC2)CC1)C1=NN=CC1. The van der Waals surface area contributed by atoms with Gasteiger partial charge in [-0.05, 0) is 44.7 Å². The molecule has 126 valence electrons. The molecule has 3 aliphatic rings. The van der Waals surface area contributed by atoms with Gasteiger partial charge in [0.05, 0.1) is 0 Å². The molecule has 3 rings (SSSR count). The Morgan fingerprint density at radius 1 is 1.22 bits per heavy atom. The van der Waals surface area contributed by atoms with Crippen LogP contribution in [0.2, 0.25) is 0 Å². The normalized spacial score (nSPS) is 23.0. The minimum Gasteiger partial charge on any atom is -0.348 e. The van der Waals surface area contributed by atoms with E-state index in [-0.39, 0.29) is 17.9 Å². The minimum absolute atomic E-state index is 0.123. The third-order valence-corrected chi connectivity index (χ3v) is 4.91. The Balaban J connectivity index is 1.39. The fourth-order valence-electron chi connectivity index (χ4n) is 3.42. The highest BCUT2D eigenvalue weighted by atomic mass is 16.2. The average molecular weight is 319 g/mol. The first-order chi connectivity index (χ1) is 11.2. The molecular formula is C16H25N5O2.